The molecule has 0 saturated heterocycles. The monoisotopic (exact) mass is 462 g/mol. The lowest BCUT2D eigenvalue weighted by atomic mass is 9.81. The molecular formula is C34H38N+. The summed E-state index contributed by atoms with van der Waals surface area (Å²) in [6.07, 6.45) is 11.8. The van der Waals surface area contributed by atoms with Gasteiger partial charge >= 0.3 is 0 Å². The Morgan fingerprint density at radius 3 is 2.20 bits per heavy atom. The van der Waals surface area contributed by atoms with Crippen LogP contribution >= 0.6 is 0 Å². The quantitative estimate of drug-likeness (QED) is 0.266. The first kappa shape index (κ1) is 20.3. The molecule has 2 saturated carbocycles. The van der Waals surface area contributed by atoms with E-state index in [1.54, 1.807) is 0 Å². The molecule has 0 amide bonds. The highest BCUT2D eigenvalue weighted by Crippen LogP contribution is 2.40. The lowest BCUT2D eigenvalue weighted by Crippen LogP contribution is -2.32. The van der Waals surface area contributed by atoms with Crippen LogP contribution in [-0.4, -0.2) is 0 Å². The first-order valence-corrected chi connectivity index (χ1v) is 13.5. The van der Waals surface area contributed by atoms with Crippen LogP contribution < -0.4 is 4.57 Å². The lowest BCUT2D eigenvalue weighted by Gasteiger charge is -2.24. The van der Waals surface area contributed by atoms with Crippen LogP contribution in [-0.2, 0) is 7.05 Å². The molecule has 0 bridgehead atoms. The third-order valence-electron chi connectivity index (χ3n) is 8.30. The molecule has 0 atom stereocenters. The van der Waals surface area contributed by atoms with Gasteiger partial charge in [-0.2, -0.15) is 0 Å². The molecule has 1 aromatic heterocycles. The Morgan fingerprint density at radius 1 is 0.714 bits per heavy atom. The van der Waals surface area contributed by atoms with E-state index in [0.717, 1.165) is 62.5 Å². The largest absolute Gasteiger partial charge is 0.213 e. The maximum absolute atomic E-state index is 9.54. The van der Waals surface area contributed by atoms with Gasteiger partial charge in [0.25, 0.3) is 0 Å². The Balaban J connectivity index is 1.51. The molecule has 2 aliphatic carbocycles. The van der Waals surface area contributed by atoms with Gasteiger partial charge in [-0.1, -0.05) is 80.6 Å². The zero-order valence-electron chi connectivity index (χ0n) is 23.2. The molecule has 1 heteroatoms. The number of fused-ring (bicyclic) bond motifs is 1. The number of hydrogen-bond donors (Lipinski definition) is 0. The summed E-state index contributed by atoms with van der Waals surface area (Å²) in [6.45, 7) is 2.17. The van der Waals surface area contributed by atoms with Gasteiger partial charge in [-0.3, -0.25) is 0 Å². The molecular weight excluding hydrogens is 422 g/mol. The minimum atomic E-state index is -0.547. The highest BCUT2D eigenvalue weighted by atomic mass is 14.9. The van der Waals surface area contributed by atoms with Crippen molar-refractivity contribution in [2.45, 2.75) is 76.5 Å². The molecule has 2 aliphatic rings. The van der Waals surface area contributed by atoms with Gasteiger partial charge in [0.1, 0.15) is 7.05 Å². The first-order valence-electron chi connectivity index (χ1n) is 14.5. The van der Waals surface area contributed by atoms with Crippen LogP contribution in [0.2, 0.25) is 0 Å². The van der Waals surface area contributed by atoms with E-state index in [-0.39, 0.29) is 0 Å². The van der Waals surface area contributed by atoms with Gasteiger partial charge in [0, 0.05) is 19.9 Å². The molecule has 1 heterocycles. The van der Waals surface area contributed by atoms with E-state index in [4.69, 9.17) is 1.37 Å². The van der Waals surface area contributed by atoms with E-state index in [9.17, 15) is 1.37 Å². The van der Waals surface area contributed by atoms with Gasteiger partial charge in [-0.25, -0.2) is 4.57 Å². The van der Waals surface area contributed by atoms with Gasteiger partial charge in [0.2, 0.25) is 5.69 Å². The van der Waals surface area contributed by atoms with Gasteiger partial charge in [0.15, 0.2) is 6.20 Å². The Hall–Kier alpha value is -2.93. The average Bonchev–Trinajstić information content (AvgIpc) is 3.36. The summed E-state index contributed by atoms with van der Waals surface area (Å²) >= 11 is 0. The van der Waals surface area contributed by atoms with Crippen molar-refractivity contribution in [2.75, 3.05) is 0 Å². The van der Waals surface area contributed by atoms with Crippen LogP contribution in [0.1, 0.15) is 89.0 Å². The molecule has 0 aliphatic heterocycles. The van der Waals surface area contributed by atoms with Crippen molar-refractivity contribution >= 4 is 10.8 Å². The van der Waals surface area contributed by atoms with Crippen LogP contribution in [0.3, 0.4) is 0 Å². The first-order chi connectivity index (χ1) is 17.9. The SMILES string of the molecule is [2H]C1(c2ccc3cc(-c4cc(-c5ccccc5C)[n+](C)cc4C4([2H])CCCCC4)ccc3c2)CCCC1. The van der Waals surface area contributed by atoms with E-state index in [0.29, 0.717) is 0 Å². The minimum Gasteiger partial charge on any atom is -0.201 e. The Labute approximate surface area is 213 Å². The van der Waals surface area contributed by atoms with Crippen molar-refractivity contribution in [3.05, 3.63) is 89.6 Å². The molecule has 2 fully saturated rings. The molecule has 0 N–H and O–H groups in total. The summed E-state index contributed by atoms with van der Waals surface area (Å²) in [6, 6.07) is 24.3. The van der Waals surface area contributed by atoms with Crippen molar-refractivity contribution in [2.24, 2.45) is 7.05 Å². The standard InChI is InChI=1S/C34H38N/c1-24-10-6-9-15-31(24)34-22-32(33(23-35(34)2)26-13-4-3-5-14-26)30-19-18-28-20-27(16-17-29(28)21-30)25-11-7-8-12-25/h6,9-10,15-23,25-26H,3-5,7-8,11-14H2,1-2H3/q+1/i25D,26D. The van der Waals surface area contributed by atoms with E-state index in [1.165, 1.54) is 45.1 Å². The Kier molecular flexibility index (Phi) is 5.57. The van der Waals surface area contributed by atoms with Gasteiger partial charge < -0.3 is 0 Å². The molecule has 4 aromatic rings. The normalized spacial score (nSPS) is 19.9. The number of rotatable bonds is 4. The number of hydrogen-bond acceptors (Lipinski definition) is 0. The second-order valence-corrected chi connectivity index (χ2v) is 10.7. The fourth-order valence-corrected chi connectivity index (χ4v) is 6.27. The fourth-order valence-electron chi connectivity index (χ4n) is 6.27. The van der Waals surface area contributed by atoms with Crippen molar-refractivity contribution in [1.82, 2.24) is 0 Å². The molecule has 0 spiro atoms. The zero-order valence-corrected chi connectivity index (χ0v) is 21.2. The highest BCUT2D eigenvalue weighted by Gasteiger charge is 2.25. The van der Waals surface area contributed by atoms with E-state index in [2.05, 4.69) is 91.5 Å². The summed E-state index contributed by atoms with van der Waals surface area (Å²) in [5.41, 5.74) is 8.37. The van der Waals surface area contributed by atoms with Crippen LogP contribution in [0.5, 0.6) is 0 Å². The summed E-state index contributed by atoms with van der Waals surface area (Å²) < 4.78 is 20.7. The molecule has 35 heavy (non-hydrogen) atoms. The second-order valence-electron chi connectivity index (χ2n) is 10.7. The predicted molar refractivity (Wildman–Crippen MR) is 148 cm³/mol. The van der Waals surface area contributed by atoms with Crippen LogP contribution in [0, 0.1) is 6.92 Å². The highest BCUT2D eigenvalue weighted by molar-refractivity contribution is 5.89. The van der Waals surface area contributed by atoms with Crippen LogP contribution in [0.25, 0.3) is 33.2 Å². The third-order valence-corrected chi connectivity index (χ3v) is 8.30. The third kappa shape index (κ3) is 4.42. The molecule has 3 aromatic carbocycles. The van der Waals surface area contributed by atoms with Crippen molar-refractivity contribution in [3.8, 4) is 22.4 Å². The summed E-state index contributed by atoms with van der Waals surface area (Å²) in [7, 11) is 2.13. The van der Waals surface area contributed by atoms with Crippen molar-refractivity contribution < 1.29 is 7.31 Å². The number of benzene rings is 3. The Morgan fingerprint density at radius 2 is 1.40 bits per heavy atom. The predicted octanol–water partition coefficient (Wildman–Crippen LogP) is 9.01. The summed E-state index contributed by atoms with van der Waals surface area (Å²) in [5, 5.41) is 2.42. The number of pyridine rings is 1. The van der Waals surface area contributed by atoms with Crippen molar-refractivity contribution in [1.29, 1.82) is 0 Å². The van der Waals surface area contributed by atoms with E-state index in [1.807, 2.05) is 0 Å². The maximum atomic E-state index is 9.54. The summed E-state index contributed by atoms with van der Waals surface area (Å²) in [5.74, 6) is -0.969. The maximum Gasteiger partial charge on any atom is 0.213 e. The van der Waals surface area contributed by atoms with Crippen molar-refractivity contribution in [3.63, 3.8) is 0 Å². The van der Waals surface area contributed by atoms with Gasteiger partial charge in [0.05, 0.1) is 0 Å². The number of aromatic nitrogens is 1. The molecule has 6 rings (SSSR count). The smallest absolute Gasteiger partial charge is 0.201 e. The molecule has 178 valence electrons. The number of aryl methyl sites for hydroxylation is 2. The average molecular weight is 463 g/mol. The zero-order chi connectivity index (χ0) is 25.6. The van der Waals surface area contributed by atoms with E-state index < -0.39 is 11.8 Å². The topological polar surface area (TPSA) is 3.88 Å². The van der Waals surface area contributed by atoms with Gasteiger partial charge in [-0.05, 0) is 89.6 Å². The molecule has 0 unspecified atom stereocenters. The lowest BCUT2D eigenvalue weighted by molar-refractivity contribution is -0.660. The molecule has 0 radical (unpaired) electrons. The fraction of sp³-hybridized carbons (Fsp3) is 0.382. The second kappa shape index (κ2) is 9.61. The van der Waals surface area contributed by atoms with Crippen LogP contribution in [0.15, 0.2) is 72.9 Å². The molecule has 1 nitrogen and oxygen atoms in total. The minimum absolute atomic E-state index is 0.421. The summed E-state index contributed by atoms with van der Waals surface area (Å²) in [4.78, 5) is 0. The van der Waals surface area contributed by atoms with Gasteiger partial charge in [-0.15, -0.1) is 0 Å². The number of nitrogens with zero attached hydrogens (tertiary/aromatic N) is 1. The van der Waals surface area contributed by atoms with Crippen LogP contribution in [0.4, 0.5) is 0 Å². The Bertz CT molecular complexity index is 1460. The van der Waals surface area contributed by atoms with E-state index >= 15 is 0 Å².